The number of nitrogens with zero attached hydrogens (tertiary/aromatic N) is 2. The molecule has 2 atom stereocenters. The number of aromatic nitrogens is 1. The van der Waals surface area contributed by atoms with Gasteiger partial charge in [-0.25, -0.2) is 0 Å². The zero-order valence-corrected chi connectivity index (χ0v) is 23.1. The fourth-order valence-electron chi connectivity index (χ4n) is 4.64. The van der Waals surface area contributed by atoms with E-state index in [1.54, 1.807) is 42.6 Å². The summed E-state index contributed by atoms with van der Waals surface area (Å²) in [4.78, 5) is 31.7. The van der Waals surface area contributed by atoms with Crippen LogP contribution in [-0.2, 0) is 19.5 Å². The molecule has 0 aliphatic carbocycles. The van der Waals surface area contributed by atoms with Gasteiger partial charge in [0.1, 0.15) is 5.75 Å². The number of halogens is 3. The molecule has 4 N–H and O–H groups in total. The van der Waals surface area contributed by atoms with Gasteiger partial charge in [0.2, 0.25) is 5.91 Å². The Morgan fingerprint density at radius 1 is 0.907 bits per heavy atom. The topological polar surface area (TPSA) is 118 Å². The number of alkyl halides is 3. The maximum absolute atomic E-state index is 14.0. The van der Waals surface area contributed by atoms with Crippen LogP contribution < -0.4 is 15.8 Å². The number of ether oxygens (including phenoxy) is 1. The lowest BCUT2D eigenvalue weighted by atomic mass is 9.97. The van der Waals surface area contributed by atoms with Crippen LogP contribution in [-0.4, -0.2) is 51.9 Å². The van der Waals surface area contributed by atoms with Crippen molar-refractivity contribution < 1.29 is 32.6 Å². The van der Waals surface area contributed by atoms with E-state index in [-0.39, 0.29) is 42.9 Å². The van der Waals surface area contributed by atoms with Gasteiger partial charge in [0, 0.05) is 30.4 Å². The molecule has 2 amide bonds. The number of pyridine rings is 1. The van der Waals surface area contributed by atoms with Gasteiger partial charge < -0.3 is 25.8 Å². The smallest absolute Gasteiger partial charge is 0.406 e. The van der Waals surface area contributed by atoms with Gasteiger partial charge in [-0.1, -0.05) is 54.6 Å². The van der Waals surface area contributed by atoms with Crippen LogP contribution in [0.1, 0.15) is 37.5 Å². The van der Waals surface area contributed by atoms with Crippen LogP contribution in [0.5, 0.6) is 5.75 Å². The number of nitrogens with one attached hydrogen (secondary N) is 1. The fourth-order valence-corrected chi connectivity index (χ4v) is 4.64. The van der Waals surface area contributed by atoms with E-state index in [9.17, 15) is 27.9 Å². The summed E-state index contributed by atoms with van der Waals surface area (Å²) >= 11 is 0. The highest BCUT2D eigenvalue weighted by atomic mass is 19.4. The molecule has 8 nitrogen and oxygen atoms in total. The molecular weight excluding hydrogens is 561 g/mol. The molecule has 0 aliphatic heterocycles. The molecule has 0 saturated carbocycles. The van der Waals surface area contributed by atoms with E-state index < -0.39 is 30.3 Å². The molecule has 0 radical (unpaired) electrons. The third-order valence-corrected chi connectivity index (χ3v) is 6.66. The minimum atomic E-state index is -4.81. The monoisotopic (exact) mass is 592 g/mol. The molecule has 11 heteroatoms. The number of primary amides is 1. The van der Waals surface area contributed by atoms with E-state index in [2.05, 4.69) is 15.0 Å². The summed E-state index contributed by atoms with van der Waals surface area (Å²) in [7, 11) is 0. The molecule has 4 aromatic rings. The van der Waals surface area contributed by atoms with E-state index in [0.717, 1.165) is 5.56 Å². The molecule has 1 aromatic heterocycles. The van der Waals surface area contributed by atoms with Crippen LogP contribution in [0.2, 0.25) is 0 Å². The average molecular weight is 593 g/mol. The molecule has 0 unspecified atom stereocenters. The molecule has 0 fully saturated rings. The third-order valence-electron chi connectivity index (χ3n) is 6.66. The summed E-state index contributed by atoms with van der Waals surface area (Å²) in [6, 6.07) is 25.5. The number of rotatable bonds is 13. The number of nitrogens with two attached hydrogens (primary N) is 1. The number of amides is 2. The van der Waals surface area contributed by atoms with Gasteiger partial charge in [-0.15, -0.1) is 13.2 Å². The quantitative estimate of drug-likeness (QED) is 0.211. The van der Waals surface area contributed by atoms with Gasteiger partial charge in [0.25, 0.3) is 5.91 Å². The molecule has 43 heavy (non-hydrogen) atoms. The van der Waals surface area contributed by atoms with E-state index in [4.69, 9.17) is 5.73 Å². The Bertz CT molecular complexity index is 1500. The first-order valence-electron chi connectivity index (χ1n) is 13.5. The van der Waals surface area contributed by atoms with Gasteiger partial charge >= 0.3 is 6.36 Å². The number of carbonyl (C=O) groups is 2. The Morgan fingerprint density at radius 2 is 1.60 bits per heavy atom. The number of carbonyl (C=O) groups excluding carboxylic acids is 2. The number of hydrogen-bond donors (Lipinski definition) is 3. The molecule has 1 heterocycles. The maximum atomic E-state index is 14.0. The van der Waals surface area contributed by atoms with E-state index in [1.807, 2.05) is 30.3 Å². The van der Waals surface area contributed by atoms with E-state index in [0.29, 0.717) is 11.3 Å². The summed E-state index contributed by atoms with van der Waals surface area (Å²) in [6.45, 7) is 0.208. The summed E-state index contributed by atoms with van der Waals surface area (Å²) in [5.74, 6) is -1.47. The van der Waals surface area contributed by atoms with Crippen molar-refractivity contribution in [3.63, 3.8) is 0 Å². The Labute approximate surface area is 246 Å². The van der Waals surface area contributed by atoms with Crippen LogP contribution in [0, 0.1) is 0 Å². The molecular formula is C32H31F3N4O4. The lowest BCUT2D eigenvalue weighted by Gasteiger charge is -2.35. The van der Waals surface area contributed by atoms with Gasteiger partial charge in [-0.2, -0.15) is 0 Å². The highest BCUT2D eigenvalue weighted by Gasteiger charge is 2.32. The maximum Gasteiger partial charge on any atom is 0.573 e. The summed E-state index contributed by atoms with van der Waals surface area (Å²) in [5, 5.41) is 14.6. The number of aliphatic hydroxyl groups is 1. The van der Waals surface area contributed by atoms with Gasteiger partial charge in [0.15, 0.2) is 0 Å². The Hall–Kier alpha value is -4.74. The van der Waals surface area contributed by atoms with Gasteiger partial charge in [0.05, 0.1) is 24.4 Å². The lowest BCUT2D eigenvalue weighted by molar-refractivity contribution is -0.274. The second-order valence-electron chi connectivity index (χ2n) is 9.85. The second-order valence-corrected chi connectivity index (χ2v) is 9.85. The largest absolute Gasteiger partial charge is 0.573 e. The van der Waals surface area contributed by atoms with Crippen LogP contribution in [0.25, 0.3) is 0 Å². The summed E-state index contributed by atoms with van der Waals surface area (Å²) < 4.78 is 41.9. The minimum Gasteiger partial charge on any atom is -0.406 e. The number of hydrogen-bond acceptors (Lipinski definition) is 6. The first kappa shape index (κ1) is 31.2. The van der Waals surface area contributed by atoms with Crippen molar-refractivity contribution in [2.75, 3.05) is 6.54 Å². The predicted molar refractivity (Wildman–Crippen MR) is 154 cm³/mol. The van der Waals surface area contributed by atoms with Crippen LogP contribution in [0.3, 0.4) is 0 Å². The highest BCUT2D eigenvalue weighted by molar-refractivity contribution is 5.99. The average Bonchev–Trinajstić information content (AvgIpc) is 2.99. The minimum absolute atomic E-state index is 0.00911. The van der Waals surface area contributed by atoms with Gasteiger partial charge in [-0.05, 0) is 60.0 Å². The molecule has 0 spiro atoms. The molecule has 224 valence electrons. The zero-order valence-electron chi connectivity index (χ0n) is 23.1. The molecule has 3 aromatic carbocycles. The standard InChI is InChI=1S/C32H31F3N4O4/c33-32(34,35)43-27-14-6-10-23(16-27)19-37-20-29(40)28(17-22-8-2-1-3-9-22)39(21-26-13-4-5-15-38-26)31(42)25-12-7-11-24(18-25)30(36)41/h1-16,18,28-29,37,40H,17,19-21H2,(H2,36,41)/t28-,29+/m0/s1. The number of aliphatic hydroxyl groups excluding tert-OH is 1. The Kier molecular flexibility index (Phi) is 10.5. The number of benzene rings is 3. The highest BCUT2D eigenvalue weighted by Crippen LogP contribution is 2.24. The summed E-state index contributed by atoms with van der Waals surface area (Å²) in [5.41, 5.74) is 7.80. The van der Waals surface area contributed by atoms with Crippen LogP contribution >= 0.6 is 0 Å². The van der Waals surface area contributed by atoms with Crippen molar-refractivity contribution in [2.24, 2.45) is 5.73 Å². The molecule has 0 bridgehead atoms. The van der Waals surface area contributed by atoms with E-state index in [1.165, 1.54) is 35.2 Å². The van der Waals surface area contributed by atoms with Crippen molar-refractivity contribution in [2.45, 2.75) is 38.0 Å². The third kappa shape index (κ3) is 9.38. The van der Waals surface area contributed by atoms with Gasteiger partial charge in [-0.3, -0.25) is 14.6 Å². The normalized spacial score (nSPS) is 12.7. The second kappa shape index (κ2) is 14.4. The lowest BCUT2D eigenvalue weighted by Crippen LogP contribution is -2.51. The first-order chi connectivity index (χ1) is 20.6. The van der Waals surface area contributed by atoms with Crippen molar-refractivity contribution in [1.29, 1.82) is 0 Å². The Morgan fingerprint density at radius 3 is 2.30 bits per heavy atom. The van der Waals surface area contributed by atoms with E-state index >= 15 is 0 Å². The fraction of sp³-hybridized carbons (Fsp3) is 0.219. The predicted octanol–water partition coefficient (Wildman–Crippen LogP) is 4.48. The van der Waals surface area contributed by atoms with Crippen molar-refractivity contribution in [3.05, 3.63) is 131 Å². The Balaban J connectivity index is 1.60. The molecule has 4 rings (SSSR count). The molecule has 0 saturated heterocycles. The molecule has 0 aliphatic rings. The van der Waals surface area contributed by atoms with Crippen molar-refractivity contribution in [1.82, 2.24) is 15.2 Å². The summed E-state index contributed by atoms with van der Waals surface area (Å²) in [6.07, 6.45) is -4.03. The van der Waals surface area contributed by atoms with Crippen LogP contribution in [0.4, 0.5) is 13.2 Å². The SMILES string of the molecule is NC(=O)c1cccc(C(=O)N(Cc2ccccn2)[C@@H](Cc2ccccc2)[C@H](O)CNCc2cccc(OC(F)(F)F)c2)c1. The van der Waals surface area contributed by atoms with Crippen molar-refractivity contribution >= 4 is 11.8 Å². The zero-order chi connectivity index (χ0) is 30.8. The van der Waals surface area contributed by atoms with Crippen molar-refractivity contribution in [3.8, 4) is 5.75 Å². The van der Waals surface area contributed by atoms with Crippen LogP contribution in [0.15, 0.2) is 103 Å². The first-order valence-corrected chi connectivity index (χ1v) is 13.5.